The smallest absolute Gasteiger partial charge is 0.242 e. The minimum absolute atomic E-state index is 0.0110. The average Bonchev–Trinajstić information content (AvgIpc) is 2.69. The minimum Gasteiger partial charge on any atom is -0.354 e. The molecule has 168 valence electrons. The van der Waals surface area contributed by atoms with Crippen LogP contribution < -0.4 is 5.32 Å². The molecule has 0 aromatic heterocycles. The number of hydrogen-bond acceptors (Lipinski definition) is 3. The zero-order valence-electron chi connectivity index (χ0n) is 19.7. The van der Waals surface area contributed by atoms with Crippen LogP contribution in [0.2, 0.25) is 0 Å². The highest BCUT2D eigenvalue weighted by atomic mass is 32.2. The standard InChI is InChI=1S/C26H36N2O2S/c1-18(2)14-27-26(30)22(6)28(15-23-9-7-8-19(3)11-23)25(29)17-31-16-24-12-20(4)10-21(5)13-24/h7-13,18,22H,14-17H2,1-6H3,(H,27,30). The summed E-state index contributed by atoms with van der Waals surface area (Å²) in [5.41, 5.74) is 5.88. The van der Waals surface area contributed by atoms with Crippen molar-refractivity contribution in [2.24, 2.45) is 5.92 Å². The van der Waals surface area contributed by atoms with E-state index in [1.807, 2.05) is 32.0 Å². The molecule has 0 aliphatic carbocycles. The second-order valence-electron chi connectivity index (χ2n) is 8.81. The third kappa shape index (κ3) is 8.41. The Bertz CT molecular complexity index is 874. The predicted molar refractivity (Wildman–Crippen MR) is 131 cm³/mol. The molecule has 4 nitrogen and oxygen atoms in total. The van der Waals surface area contributed by atoms with Crippen LogP contribution in [0.3, 0.4) is 0 Å². The number of nitrogens with one attached hydrogen (secondary N) is 1. The van der Waals surface area contributed by atoms with Gasteiger partial charge in [-0.2, -0.15) is 0 Å². The molecule has 0 aliphatic rings. The summed E-state index contributed by atoms with van der Waals surface area (Å²) in [6.07, 6.45) is 0. The molecule has 0 spiro atoms. The predicted octanol–water partition coefficient (Wildman–Crippen LogP) is 5.03. The van der Waals surface area contributed by atoms with Crippen LogP contribution in [0.15, 0.2) is 42.5 Å². The molecule has 0 bridgehead atoms. The summed E-state index contributed by atoms with van der Waals surface area (Å²) in [5, 5.41) is 2.97. The molecule has 2 rings (SSSR count). The molecule has 1 unspecified atom stereocenters. The lowest BCUT2D eigenvalue weighted by Gasteiger charge is -2.29. The summed E-state index contributed by atoms with van der Waals surface area (Å²) in [5.74, 6) is 1.38. The molecule has 0 radical (unpaired) electrons. The Hall–Kier alpha value is -2.27. The number of carbonyl (C=O) groups excluding carboxylic acids is 2. The van der Waals surface area contributed by atoms with Gasteiger partial charge in [-0.15, -0.1) is 11.8 Å². The Morgan fingerprint density at radius 1 is 0.935 bits per heavy atom. The molecule has 2 aromatic carbocycles. The molecule has 0 saturated heterocycles. The first-order valence-corrected chi connectivity index (χ1v) is 12.1. The van der Waals surface area contributed by atoms with E-state index >= 15 is 0 Å². The molecule has 31 heavy (non-hydrogen) atoms. The molecule has 5 heteroatoms. The first kappa shape index (κ1) is 25.0. The number of thioether (sulfide) groups is 1. The van der Waals surface area contributed by atoms with Gasteiger partial charge in [0, 0.05) is 18.8 Å². The van der Waals surface area contributed by atoms with Gasteiger partial charge in [-0.05, 0) is 44.7 Å². The lowest BCUT2D eigenvalue weighted by molar-refractivity contribution is -0.138. The highest BCUT2D eigenvalue weighted by molar-refractivity contribution is 7.99. The average molecular weight is 441 g/mol. The number of aryl methyl sites for hydroxylation is 3. The molecule has 2 aromatic rings. The summed E-state index contributed by atoms with van der Waals surface area (Å²) in [6, 6.07) is 14.1. The highest BCUT2D eigenvalue weighted by Crippen LogP contribution is 2.18. The number of hydrogen-bond donors (Lipinski definition) is 1. The molecule has 0 heterocycles. The summed E-state index contributed by atoms with van der Waals surface area (Å²) in [7, 11) is 0. The van der Waals surface area contributed by atoms with Crippen molar-refractivity contribution in [2.45, 2.75) is 59.9 Å². The first-order valence-electron chi connectivity index (χ1n) is 10.9. The van der Waals surface area contributed by atoms with Crippen molar-refractivity contribution in [1.82, 2.24) is 10.2 Å². The molecule has 0 aliphatic heterocycles. The van der Waals surface area contributed by atoms with Crippen molar-refractivity contribution in [3.63, 3.8) is 0 Å². The fourth-order valence-electron chi connectivity index (χ4n) is 3.53. The van der Waals surface area contributed by atoms with Crippen LogP contribution in [0.1, 0.15) is 48.6 Å². The van der Waals surface area contributed by atoms with Crippen LogP contribution in [-0.4, -0.2) is 35.1 Å². The fraction of sp³-hybridized carbons (Fsp3) is 0.462. The van der Waals surface area contributed by atoms with Gasteiger partial charge in [0.2, 0.25) is 11.8 Å². The van der Waals surface area contributed by atoms with Crippen LogP contribution >= 0.6 is 11.8 Å². The molecule has 1 N–H and O–H groups in total. The second kappa shape index (κ2) is 11.9. The van der Waals surface area contributed by atoms with Crippen LogP contribution in [0.4, 0.5) is 0 Å². The maximum absolute atomic E-state index is 13.2. The van der Waals surface area contributed by atoms with Gasteiger partial charge in [-0.1, -0.05) is 73.0 Å². The quantitative estimate of drug-likeness (QED) is 0.563. The number of carbonyl (C=O) groups is 2. The van der Waals surface area contributed by atoms with Gasteiger partial charge < -0.3 is 10.2 Å². The van der Waals surface area contributed by atoms with E-state index in [0.717, 1.165) is 16.9 Å². The number of rotatable bonds is 10. The summed E-state index contributed by atoms with van der Waals surface area (Å²) < 4.78 is 0. The third-order valence-electron chi connectivity index (χ3n) is 5.06. The van der Waals surface area contributed by atoms with Crippen LogP contribution in [0.25, 0.3) is 0 Å². The lowest BCUT2D eigenvalue weighted by atomic mass is 10.1. The van der Waals surface area contributed by atoms with E-state index in [4.69, 9.17) is 0 Å². The number of nitrogens with zero attached hydrogens (tertiary/aromatic N) is 1. The molecular weight excluding hydrogens is 404 g/mol. The highest BCUT2D eigenvalue weighted by Gasteiger charge is 2.26. The van der Waals surface area contributed by atoms with Gasteiger partial charge >= 0.3 is 0 Å². The van der Waals surface area contributed by atoms with Crippen molar-refractivity contribution in [2.75, 3.05) is 12.3 Å². The van der Waals surface area contributed by atoms with Crippen molar-refractivity contribution in [3.05, 3.63) is 70.3 Å². The first-order chi connectivity index (χ1) is 14.7. The van der Waals surface area contributed by atoms with Crippen LogP contribution in [-0.2, 0) is 21.9 Å². The maximum atomic E-state index is 13.2. The van der Waals surface area contributed by atoms with Gasteiger partial charge in [0.15, 0.2) is 0 Å². The molecule has 0 fully saturated rings. The van der Waals surface area contributed by atoms with Crippen molar-refractivity contribution >= 4 is 23.6 Å². The maximum Gasteiger partial charge on any atom is 0.242 e. The fourth-order valence-corrected chi connectivity index (χ4v) is 4.38. The topological polar surface area (TPSA) is 49.4 Å². The van der Waals surface area contributed by atoms with Crippen molar-refractivity contribution < 1.29 is 9.59 Å². The van der Waals surface area contributed by atoms with E-state index in [1.54, 1.807) is 16.7 Å². The van der Waals surface area contributed by atoms with Crippen LogP contribution in [0.5, 0.6) is 0 Å². The van der Waals surface area contributed by atoms with Gasteiger partial charge in [0.25, 0.3) is 0 Å². The number of amides is 2. The largest absolute Gasteiger partial charge is 0.354 e. The van der Waals surface area contributed by atoms with Gasteiger partial charge in [0.1, 0.15) is 6.04 Å². The van der Waals surface area contributed by atoms with E-state index in [2.05, 4.69) is 57.3 Å². The number of benzene rings is 2. The molecular formula is C26H36N2O2S. The Balaban J connectivity index is 2.08. The van der Waals surface area contributed by atoms with Gasteiger partial charge in [0.05, 0.1) is 5.75 Å². The Kier molecular flexibility index (Phi) is 9.63. The Morgan fingerprint density at radius 3 is 2.19 bits per heavy atom. The van der Waals surface area contributed by atoms with Gasteiger partial charge in [-0.25, -0.2) is 0 Å². The lowest BCUT2D eigenvalue weighted by Crippen LogP contribution is -2.48. The molecule has 0 saturated carbocycles. The monoisotopic (exact) mass is 440 g/mol. The van der Waals surface area contributed by atoms with Gasteiger partial charge in [-0.3, -0.25) is 9.59 Å². The molecule has 1 atom stereocenters. The van der Waals surface area contributed by atoms with E-state index < -0.39 is 6.04 Å². The Morgan fingerprint density at radius 2 is 1.58 bits per heavy atom. The van der Waals surface area contributed by atoms with E-state index in [0.29, 0.717) is 24.8 Å². The summed E-state index contributed by atoms with van der Waals surface area (Å²) in [6.45, 7) is 13.2. The van der Waals surface area contributed by atoms with Crippen molar-refractivity contribution in [1.29, 1.82) is 0 Å². The zero-order chi connectivity index (χ0) is 23.0. The second-order valence-corrected chi connectivity index (χ2v) is 9.80. The summed E-state index contributed by atoms with van der Waals surface area (Å²) >= 11 is 1.60. The van der Waals surface area contributed by atoms with Crippen LogP contribution in [0, 0.1) is 26.7 Å². The SMILES string of the molecule is Cc1cc(C)cc(CSCC(=O)N(Cc2cccc(C)c2)C(C)C(=O)NCC(C)C)c1. The minimum atomic E-state index is -0.520. The summed E-state index contributed by atoms with van der Waals surface area (Å²) in [4.78, 5) is 27.6. The van der Waals surface area contributed by atoms with E-state index in [9.17, 15) is 9.59 Å². The normalized spacial score (nSPS) is 12.0. The Labute approximate surface area is 191 Å². The molecule has 2 amide bonds. The van der Waals surface area contributed by atoms with E-state index in [-0.39, 0.29) is 11.8 Å². The zero-order valence-corrected chi connectivity index (χ0v) is 20.5. The van der Waals surface area contributed by atoms with E-state index in [1.165, 1.54) is 16.7 Å². The third-order valence-corrected chi connectivity index (χ3v) is 6.05. The van der Waals surface area contributed by atoms with Crippen molar-refractivity contribution in [3.8, 4) is 0 Å².